The van der Waals surface area contributed by atoms with E-state index >= 15 is 0 Å². The smallest absolute Gasteiger partial charge is 0.116 e. The van der Waals surface area contributed by atoms with Crippen molar-refractivity contribution in [2.24, 2.45) is 7.05 Å². The number of imidazole rings is 1. The highest BCUT2D eigenvalue weighted by Gasteiger charge is 2.22. The van der Waals surface area contributed by atoms with E-state index in [1.54, 1.807) is 0 Å². The Morgan fingerprint density at radius 2 is 2.22 bits per heavy atom. The third-order valence-electron chi connectivity index (χ3n) is 3.38. The molecule has 0 atom stereocenters. The Balaban J connectivity index is 2.19. The minimum Gasteiger partial charge on any atom is -0.311 e. The van der Waals surface area contributed by atoms with Crippen molar-refractivity contribution < 1.29 is 0 Å². The summed E-state index contributed by atoms with van der Waals surface area (Å²) in [6, 6.07) is 0. The van der Waals surface area contributed by atoms with Gasteiger partial charge in [-0.05, 0) is 0 Å². The summed E-state index contributed by atoms with van der Waals surface area (Å²) < 4.78 is 4.13. The summed E-state index contributed by atoms with van der Waals surface area (Å²) >= 11 is 0. The number of rotatable bonds is 2. The van der Waals surface area contributed by atoms with E-state index in [-0.39, 0.29) is 0 Å². The van der Waals surface area contributed by atoms with E-state index in [4.69, 9.17) is 4.98 Å². The third-order valence-corrected chi connectivity index (χ3v) is 3.38. The molecule has 0 aliphatic carbocycles. The predicted molar refractivity (Wildman–Crippen MR) is 69.8 cm³/mol. The average molecular weight is 245 g/mol. The van der Waals surface area contributed by atoms with Crippen LogP contribution in [0.4, 0.5) is 0 Å². The summed E-state index contributed by atoms with van der Waals surface area (Å²) in [5.74, 6) is 1.55. The Bertz CT molecular complexity index is 564. The van der Waals surface area contributed by atoms with Crippen LogP contribution in [0, 0.1) is 0 Å². The van der Waals surface area contributed by atoms with Gasteiger partial charge in [0.1, 0.15) is 5.82 Å². The first-order valence-corrected chi connectivity index (χ1v) is 6.47. The first-order chi connectivity index (χ1) is 8.66. The molecule has 2 aromatic heterocycles. The molecule has 3 rings (SSSR count). The quantitative estimate of drug-likeness (QED) is 0.869. The van der Waals surface area contributed by atoms with Gasteiger partial charge >= 0.3 is 0 Å². The van der Waals surface area contributed by atoms with Gasteiger partial charge in [-0.1, -0.05) is 13.8 Å². The molecule has 0 radical (unpaired) electrons. The van der Waals surface area contributed by atoms with Crippen molar-refractivity contribution in [3.05, 3.63) is 29.6 Å². The van der Waals surface area contributed by atoms with E-state index in [9.17, 15) is 0 Å². The van der Waals surface area contributed by atoms with Gasteiger partial charge in [-0.2, -0.15) is 5.10 Å². The zero-order chi connectivity index (χ0) is 12.7. The second kappa shape index (κ2) is 4.24. The number of aryl methyl sites for hydroxylation is 1. The number of fused-ring (bicyclic) bond motifs is 1. The number of nitrogens with zero attached hydrogens (tertiary/aromatic N) is 4. The van der Waals surface area contributed by atoms with Crippen LogP contribution in [0.15, 0.2) is 12.4 Å². The molecule has 0 spiro atoms. The van der Waals surface area contributed by atoms with Crippen LogP contribution in [0.3, 0.4) is 0 Å². The van der Waals surface area contributed by atoms with Crippen LogP contribution in [0.1, 0.15) is 37.0 Å². The molecule has 0 aromatic carbocycles. The maximum absolute atomic E-state index is 4.80. The Hall–Kier alpha value is -1.62. The van der Waals surface area contributed by atoms with E-state index in [0.29, 0.717) is 5.92 Å². The summed E-state index contributed by atoms with van der Waals surface area (Å²) in [6.07, 6.45) is 5.00. The Kier molecular flexibility index (Phi) is 2.70. The zero-order valence-corrected chi connectivity index (χ0v) is 11.1. The highest BCUT2D eigenvalue weighted by atomic mass is 15.3. The van der Waals surface area contributed by atoms with Crippen molar-refractivity contribution in [3.63, 3.8) is 0 Å². The van der Waals surface area contributed by atoms with Crippen LogP contribution >= 0.6 is 0 Å². The van der Waals surface area contributed by atoms with E-state index < -0.39 is 0 Å². The van der Waals surface area contributed by atoms with E-state index in [1.165, 1.54) is 11.4 Å². The summed E-state index contributed by atoms with van der Waals surface area (Å²) in [4.78, 5) is 4.80. The van der Waals surface area contributed by atoms with E-state index in [2.05, 4.69) is 35.0 Å². The van der Waals surface area contributed by atoms with Crippen molar-refractivity contribution in [2.45, 2.75) is 32.7 Å². The summed E-state index contributed by atoms with van der Waals surface area (Å²) in [5.41, 5.74) is 3.65. The minimum absolute atomic E-state index is 0.413. The molecule has 0 bridgehead atoms. The van der Waals surface area contributed by atoms with E-state index in [0.717, 1.165) is 31.0 Å². The molecule has 0 saturated carbocycles. The first-order valence-electron chi connectivity index (χ1n) is 6.47. The lowest BCUT2D eigenvalue weighted by molar-refractivity contribution is 0.619. The topological polar surface area (TPSA) is 47.7 Å². The zero-order valence-electron chi connectivity index (χ0n) is 11.1. The SMILES string of the molecule is CC(C)c1nc2c(n1-c1cnn(C)c1)CCNC2. The number of aromatic nitrogens is 4. The number of nitrogens with one attached hydrogen (secondary N) is 1. The third kappa shape index (κ3) is 1.75. The fraction of sp³-hybridized carbons (Fsp3) is 0.538. The summed E-state index contributed by atoms with van der Waals surface area (Å²) in [6.45, 7) is 6.28. The van der Waals surface area contributed by atoms with E-state index in [1.807, 2.05) is 17.9 Å². The molecule has 0 unspecified atom stereocenters. The average Bonchev–Trinajstić information content (AvgIpc) is 2.92. The van der Waals surface area contributed by atoms with Gasteiger partial charge in [0.25, 0.3) is 0 Å². The van der Waals surface area contributed by atoms with Gasteiger partial charge in [0.2, 0.25) is 0 Å². The van der Waals surface area contributed by atoms with Gasteiger partial charge in [0.15, 0.2) is 0 Å². The van der Waals surface area contributed by atoms with Crippen molar-refractivity contribution >= 4 is 0 Å². The normalized spacial score (nSPS) is 15.1. The van der Waals surface area contributed by atoms with Gasteiger partial charge in [0.05, 0.1) is 17.6 Å². The Labute approximate surface area is 107 Å². The Morgan fingerprint density at radius 3 is 2.89 bits per heavy atom. The monoisotopic (exact) mass is 245 g/mol. The van der Waals surface area contributed by atoms with Gasteiger partial charge in [-0.25, -0.2) is 4.98 Å². The molecule has 1 N–H and O–H groups in total. The highest BCUT2D eigenvalue weighted by Crippen LogP contribution is 2.25. The van der Waals surface area contributed by atoms with Crippen LogP contribution in [0.2, 0.25) is 0 Å². The minimum atomic E-state index is 0.413. The fourth-order valence-corrected chi connectivity index (χ4v) is 2.53. The number of hydrogen-bond donors (Lipinski definition) is 1. The molecule has 1 aliphatic heterocycles. The standard InChI is InChI=1S/C13H19N5/c1-9(2)13-16-11-7-14-5-4-12(11)18(13)10-6-15-17(3)8-10/h6,8-9,14H,4-5,7H2,1-3H3. The molecule has 0 fully saturated rings. The molecule has 96 valence electrons. The second-order valence-electron chi connectivity index (χ2n) is 5.15. The van der Waals surface area contributed by atoms with Crippen molar-refractivity contribution in [2.75, 3.05) is 6.54 Å². The largest absolute Gasteiger partial charge is 0.311 e. The molecule has 5 nitrogen and oxygen atoms in total. The molecule has 0 saturated heterocycles. The first kappa shape index (κ1) is 11.5. The predicted octanol–water partition coefficient (Wildman–Crippen LogP) is 1.37. The molecular formula is C13H19N5. The van der Waals surface area contributed by atoms with Crippen molar-refractivity contribution in [3.8, 4) is 5.69 Å². The van der Waals surface area contributed by atoms with Crippen LogP contribution in [0.25, 0.3) is 5.69 Å². The van der Waals surface area contributed by atoms with Gasteiger partial charge in [-0.3, -0.25) is 9.25 Å². The molecular weight excluding hydrogens is 226 g/mol. The lowest BCUT2D eigenvalue weighted by Crippen LogP contribution is -2.24. The molecule has 2 aromatic rings. The van der Waals surface area contributed by atoms with Crippen molar-refractivity contribution in [1.82, 2.24) is 24.6 Å². The highest BCUT2D eigenvalue weighted by molar-refractivity contribution is 5.36. The van der Waals surface area contributed by atoms with Gasteiger partial charge in [0, 0.05) is 44.4 Å². The summed E-state index contributed by atoms with van der Waals surface area (Å²) in [5, 5.41) is 7.65. The van der Waals surface area contributed by atoms with Gasteiger partial charge < -0.3 is 5.32 Å². The molecule has 18 heavy (non-hydrogen) atoms. The number of hydrogen-bond acceptors (Lipinski definition) is 3. The molecule has 0 amide bonds. The van der Waals surface area contributed by atoms with Gasteiger partial charge in [-0.15, -0.1) is 0 Å². The second-order valence-corrected chi connectivity index (χ2v) is 5.15. The lowest BCUT2D eigenvalue weighted by Gasteiger charge is -2.15. The molecule has 5 heteroatoms. The molecule has 3 heterocycles. The summed E-state index contributed by atoms with van der Waals surface area (Å²) in [7, 11) is 1.95. The van der Waals surface area contributed by atoms with Crippen LogP contribution < -0.4 is 5.32 Å². The maximum Gasteiger partial charge on any atom is 0.116 e. The fourth-order valence-electron chi connectivity index (χ4n) is 2.53. The van der Waals surface area contributed by atoms with Crippen LogP contribution in [0.5, 0.6) is 0 Å². The van der Waals surface area contributed by atoms with Crippen LogP contribution in [-0.4, -0.2) is 25.9 Å². The maximum atomic E-state index is 4.80. The molecule has 1 aliphatic rings. The van der Waals surface area contributed by atoms with Crippen molar-refractivity contribution in [1.29, 1.82) is 0 Å². The van der Waals surface area contributed by atoms with Crippen LogP contribution in [-0.2, 0) is 20.0 Å². The lowest BCUT2D eigenvalue weighted by atomic mass is 10.1. The Morgan fingerprint density at radius 1 is 1.39 bits per heavy atom.